The molecule has 2 heterocycles. The molecule has 1 saturated heterocycles. The maximum absolute atomic E-state index is 4.71. The van der Waals surface area contributed by atoms with Gasteiger partial charge in [0.2, 0.25) is 5.95 Å². The zero-order chi connectivity index (χ0) is 33.1. The smallest absolute Gasteiger partial charge is 0.227 e. The van der Waals surface area contributed by atoms with Gasteiger partial charge in [-0.1, -0.05) is 60.7 Å². The van der Waals surface area contributed by atoms with Crippen molar-refractivity contribution >= 4 is 28.7 Å². The molecule has 236 valence electrons. The molecule has 6 heteroatoms. The molecular formula is C40H46N6. The van der Waals surface area contributed by atoms with E-state index in [0.29, 0.717) is 5.95 Å². The van der Waals surface area contributed by atoms with Crippen molar-refractivity contribution in [2.24, 2.45) is 0 Å². The third-order valence-corrected chi connectivity index (χ3v) is 7.23. The zero-order valence-electron chi connectivity index (χ0n) is 27.2. The minimum Gasteiger partial charge on any atom is -0.388 e. The van der Waals surface area contributed by atoms with Crippen LogP contribution in [0, 0.1) is 0 Å². The summed E-state index contributed by atoms with van der Waals surface area (Å²) in [7, 11) is 1.92. The van der Waals surface area contributed by atoms with Gasteiger partial charge in [-0.15, -0.1) is 32.9 Å². The van der Waals surface area contributed by atoms with Crippen LogP contribution in [0.2, 0.25) is 0 Å². The topological polar surface area (TPSA) is 56.3 Å². The van der Waals surface area contributed by atoms with Crippen molar-refractivity contribution in [2.45, 2.75) is 6.92 Å². The Morgan fingerprint density at radius 3 is 1.59 bits per heavy atom. The van der Waals surface area contributed by atoms with E-state index in [9.17, 15) is 0 Å². The van der Waals surface area contributed by atoms with Crippen molar-refractivity contribution in [3.63, 3.8) is 0 Å². The largest absolute Gasteiger partial charge is 0.388 e. The number of allylic oxidation sites excluding steroid dienone is 1. The number of hydrogen-bond donors (Lipinski definition) is 2. The first kappa shape index (κ1) is 34.9. The third-order valence-electron chi connectivity index (χ3n) is 7.23. The molecule has 6 nitrogen and oxygen atoms in total. The Bertz CT molecular complexity index is 1570. The summed E-state index contributed by atoms with van der Waals surface area (Å²) < 4.78 is 0. The average Bonchev–Trinajstić information content (AvgIpc) is 3.15. The second-order valence-electron chi connectivity index (χ2n) is 10.1. The lowest BCUT2D eigenvalue weighted by Gasteiger charge is -2.37. The molecule has 0 radical (unpaired) electrons. The highest BCUT2D eigenvalue weighted by Gasteiger charge is 2.18. The Balaban J connectivity index is 0.000000765. The maximum Gasteiger partial charge on any atom is 0.227 e. The van der Waals surface area contributed by atoms with Crippen molar-refractivity contribution in [1.82, 2.24) is 9.97 Å². The first-order valence-electron chi connectivity index (χ1n) is 15.4. The minimum atomic E-state index is 0.588. The van der Waals surface area contributed by atoms with E-state index >= 15 is 0 Å². The molecule has 0 bridgehead atoms. The standard InChI is InChI=1S/C33H32N6.C3H6.2C2H4/c1-34-28-11-7-27(8-12-28)32-19-20-35-33(37-32)36-29-13-17-31(18-14-29)39-23-21-38(22-24-39)30-15-9-26(10-16-30)25-5-3-2-4-6-25;1-3-2;2*1-2/h2-20,34H,21-24H2,1H3,(H,35,36,37);3H,1H2,2H3;2*1-2H2. The van der Waals surface area contributed by atoms with Crippen LogP contribution in [-0.2, 0) is 0 Å². The van der Waals surface area contributed by atoms with Gasteiger partial charge in [0.1, 0.15) is 0 Å². The summed E-state index contributed by atoms with van der Waals surface area (Å²) in [5.74, 6) is 0.588. The number of piperazine rings is 1. The van der Waals surface area contributed by atoms with Crippen molar-refractivity contribution in [3.8, 4) is 22.4 Å². The van der Waals surface area contributed by atoms with Gasteiger partial charge in [-0.05, 0) is 72.6 Å². The van der Waals surface area contributed by atoms with Gasteiger partial charge >= 0.3 is 0 Å². The van der Waals surface area contributed by atoms with Crippen LogP contribution >= 0.6 is 0 Å². The number of benzene rings is 4. The Labute approximate surface area is 275 Å². The normalized spacial score (nSPS) is 11.7. The molecule has 0 unspecified atom stereocenters. The molecule has 0 amide bonds. The van der Waals surface area contributed by atoms with E-state index in [2.05, 4.69) is 149 Å². The summed E-state index contributed by atoms with van der Waals surface area (Å²) in [6.07, 6.45) is 3.54. The van der Waals surface area contributed by atoms with E-state index in [0.717, 1.165) is 48.8 Å². The second kappa shape index (κ2) is 18.9. The predicted octanol–water partition coefficient (Wildman–Crippen LogP) is 9.72. The Morgan fingerprint density at radius 1 is 0.609 bits per heavy atom. The summed E-state index contributed by atoms with van der Waals surface area (Å²) in [6.45, 7) is 21.2. The van der Waals surface area contributed by atoms with Gasteiger partial charge in [-0.2, -0.15) is 0 Å². The monoisotopic (exact) mass is 610 g/mol. The van der Waals surface area contributed by atoms with Crippen LogP contribution in [0.25, 0.3) is 22.4 Å². The van der Waals surface area contributed by atoms with E-state index < -0.39 is 0 Å². The van der Waals surface area contributed by atoms with Crippen LogP contribution in [-0.4, -0.2) is 43.2 Å². The third kappa shape index (κ3) is 9.69. The van der Waals surface area contributed by atoms with Crippen LogP contribution in [0.4, 0.5) is 28.7 Å². The van der Waals surface area contributed by atoms with Crippen molar-refractivity contribution in [3.05, 3.63) is 154 Å². The van der Waals surface area contributed by atoms with Gasteiger partial charge in [-0.3, -0.25) is 0 Å². The predicted molar refractivity (Wildman–Crippen MR) is 201 cm³/mol. The lowest BCUT2D eigenvalue weighted by Crippen LogP contribution is -2.46. The fourth-order valence-electron chi connectivity index (χ4n) is 4.99. The molecule has 0 aliphatic carbocycles. The molecule has 1 fully saturated rings. The highest BCUT2D eigenvalue weighted by Crippen LogP contribution is 2.26. The lowest BCUT2D eigenvalue weighted by molar-refractivity contribution is 0.653. The quantitative estimate of drug-likeness (QED) is 0.179. The van der Waals surface area contributed by atoms with Crippen molar-refractivity contribution < 1.29 is 0 Å². The first-order valence-corrected chi connectivity index (χ1v) is 15.4. The summed E-state index contributed by atoms with van der Waals surface area (Å²) in [4.78, 5) is 14.0. The molecule has 1 aromatic heterocycles. The maximum atomic E-state index is 4.71. The minimum absolute atomic E-state index is 0.588. The number of hydrogen-bond acceptors (Lipinski definition) is 6. The van der Waals surface area contributed by atoms with Crippen LogP contribution in [0.15, 0.2) is 154 Å². The van der Waals surface area contributed by atoms with Crippen molar-refractivity contribution in [2.75, 3.05) is 53.7 Å². The fraction of sp³-hybridized carbons (Fsp3) is 0.150. The van der Waals surface area contributed by atoms with Gasteiger partial charge in [0.15, 0.2) is 0 Å². The van der Waals surface area contributed by atoms with E-state index in [1.165, 1.54) is 22.5 Å². The van der Waals surface area contributed by atoms with E-state index in [-0.39, 0.29) is 0 Å². The number of nitrogens with one attached hydrogen (secondary N) is 2. The van der Waals surface area contributed by atoms with E-state index in [1.807, 2.05) is 32.2 Å². The Hall–Kier alpha value is -5.62. The molecule has 2 N–H and O–H groups in total. The summed E-state index contributed by atoms with van der Waals surface area (Å²) >= 11 is 0. The number of aromatic nitrogens is 2. The number of nitrogens with zero attached hydrogens (tertiary/aromatic N) is 4. The van der Waals surface area contributed by atoms with E-state index in [1.54, 1.807) is 12.3 Å². The first-order chi connectivity index (χ1) is 22.7. The molecule has 0 atom stereocenters. The summed E-state index contributed by atoms with van der Waals surface area (Å²) in [6, 6.07) is 38.2. The number of anilines is 5. The van der Waals surface area contributed by atoms with Gasteiger partial charge < -0.3 is 20.4 Å². The fourth-order valence-corrected chi connectivity index (χ4v) is 4.99. The van der Waals surface area contributed by atoms with Gasteiger partial charge in [0.25, 0.3) is 0 Å². The molecule has 1 aliphatic rings. The molecular weight excluding hydrogens is 564 g/mol. The van der Waals surface area contributed by atoms with Crippen LogP contribution in [0.5, 0.6) is 0 Å². The molecule has 0 saturated carbocycles. The molecule has 6 rings (SSSR count). The molecule has 5 aromatic rings. The average molecular weight is 611 g/mol. The zero-order valence-corrected chi connectivity index (χ0v) is 27.2. The molecule has 0 spiro atoms. The molecule has 1 aliphatic heterocycles. The molecule has 46 heavy (non-hydrogen) atoms. The second-order valence-corrected chi connectivity index (χ2v) is 10.1. The summed E-state index contributed by atoms with van der Waals surface area (Å²) in [5, 5.41) is 6.49. The Morgan fingerprint density at radius 2 is 1.07 bits per heavy atom. The lowest BCUT2D eigenvalue weighted by atomic mass is 10.1. The SMILES string of the molecule is C=C.C=C.C=CC.CNc1ccc(-c2ccnc(Nc3ccc(N4CCN(c5ccc(-c6ccccc6)cc5)CC4)cc3)n2)cc1. The van der Waals surface area contributed by atoms with Crippen LogP contribution in [0.3, 0.4) is 0 Å². The van der Waals surface area contributed by atoms with Crippen LogP contribution in [0.1, 0.15) is 6.92 Å². The van der Waals surface area contributed by atoms with E-state index in [4.69, 9.17) is 4.98 Å². The van der Waals surface area contributed by atoms with Crippen LogP contribution < -0.4 is 20.4 Å². The highest BCUT2D eigenvalue weighted by molar-refractivity contribution is 5.67. The highest BCUT2D eigenvalue weighted by atomic mass is 15.3. The van der Waals surface area contributed by atoms with Gasteiger partial charge in [-0.25, -0.2) is 9.97 Å². The molecule has 4 aromatic carbocycles. The summed E-state index contributed by atoms with van der Waals surface area (Å²) in [5.41, 5.74) is 9.02. The van der Waals surface area contributed by atoms with Crippen molar-refractivity contribution in [1.29, 1.82) is 0 Å². The Kier molecular flexibility index (Phi) is 14.3. The number of rotatable bonds is 7. The van der Waals surface area contributed by atoms with Gasteiger partial charge in [0.05, 0.1) is 5.69 Å². The van der Waals surface area contributed by atoms with Gasteiger partial charge in [0, 0.05) is 67.7 Å².